The maximum absolute atomic E-state index is 12.4. The van der Waals surface area contributed by atoms with Gasteiger partial charge in [-0.15, -0.1) is 11.3 Å². The molecule has 1 aromatic rings. The summed E-state index contributed by atoms with van der Waals surface area (Å²) in [7, 11) is 1.66. The Morgan fingerprint density at radius 1 is 1.35 bits per heavy atom. The Morgan fingerprint density at radius 2 is 2.15 bits per heavy atom. The van der Waals surface area contributed by atoms with Gasteiger partial charge in [-0.2, -0.15) is 0 Å². The van der Waals surface area contributed by atoms with Crippen LogP contribution in [0.1, 0.15) is 36.4 Å². The van der Waals surface area contributed by atoms with Crippen molar-refractivity contribution < 1.29 is 9.53 Å². The van der Waals surface area contributed by atoms with Crippen LogP contribution >= 0.6 is 11.3 Å². The molecule has 2 fully saturated rings. The molecule has 3 heterocycles. The predicted octanol–water partition coefficient (Wildman–Crippen LogP) is 1.89. The van der Waals surface area contributed by atoms with Gasteiger partial charge in [0.05, 0.1) is 19.1 Å². The van der Waals surface area contributed by atoms with Crippen LogP contribution in [-0.4, -0.2) is 73.2 Å². The van der Waals surface area contributed by atoms with Crippen LogP contribution < -0.4 is 5.32 Å². The van der Waals surface area contributed by atoms with Crippen LogP contribution in [-0.2, 0) is 16.1 Å². The van der Waals surface area contributed by atoms with Gasteiger partial charge in [-0.3, -0.25) is 14.6 Å². The lowest BCUT2D eigenvalue weighted by atomic mass is 9.93. The number of piperidine rings is 2. The summed E-state index contributed by atoms with van der Waals surface area (Å²) in [5, 5.41) is 6.37. The number of nitrogens with one attached hydrogen (secondary N) is 1. The second-order valence-electron chi connectivity index (χ2n) is 7.51. The average Bonchev–Trinajstić information content (AvgIpc) is 3.07. The van der Waals surface area contributed by atoms with Gasteiger partial charge in [-0.25, -0.2) is 4.98 Å². The molecule has 0 bridgehead atoms. The number of hydrogen-bond acceptors (Lipinski definition) is 6. The first-order valence-corrected chi connectivity index (χ1v) is 10.7. The Balaban J connectivity index is 1.42. The van der Waals surface area contributed by atoms with E-state index in [0.717, 1.165) is 51.3 Å². The SMILES string of the molecule is COCCNC(=O)[C@@H]1CCCN(C2CCN(Cc3nc(C)cs3)CC2)C1. The third-order valence-electron chi connectivity index (χ3n) is 5.53. The zero-order valence-corrected chi connectivity index (χ0v) is 16.9. The van der Waals surface area contributed by atoms with Crippen LogP contribution in [0.25, 0.3) is 0 Å². The topological polar surface area (TPSA) is 57.7 Å². The Kier molecular flexibility index (Phi) is 7.42. The Hall–Kier alpha value is -1.02. The smallest absolute Gasteiger partial charge is 0.224 e. The number of ether oxygens (including phenoxy) is 1. The van der Waals surface area contributed by atoms with Crippen LogP contribution in [0.4, 0.5) is 0 Å². The summed E-state index contributed by atoms with van der Waals surface area (Å²) < 4.78 is 5.02. The summed E-state index contributed by atoms with van der Waals surface area (Å²) in [6, 6.07) is 0.624. The van der Waals surface area contributed by atoms with Gasteiger partial charge in [-0.05, 0) is 39.2 Å². The van der Waals surface area contributed by atoms with Gasteiger partial charge < -0.3 is 10.1 Å². The maximum Gasteiger partial charge on any atom is 0.224 e. The predicted molar refractivity (Wildman–Crippen MR) is 104 cm³/mol. The quantitative estimate of drug-likeness (QED) is 0.732. The highest BCUT2D eigenvalue weighted by atomic mass is 32.1. The number of carbonyl (C=O) groups is 1. The lowest BCUT2D eigenvalue weighted by Gasteiger charge is -2.41. The van der Waals surface area contributed by atoms with Crippen LogP contribution in [0.3, 0.4) is 0 Å². The van der Waals surface area contributed by atoms with E-state index in [2.05, 4.69) is 32.4 Å². The number of likely N-dealkylation sites (tertiary alicyclic amines) is 2. The molecule has 0 spiro atoms. The van der Waals surface area contributed by atoms with E-state index in [1.165, 1.54) is 17.8 Å². The molecule has 0 saturated carbocycles. The lowest BCUT2D eigenvalue weighted by molar-refractivity contribution is -0.127. The van der Waals surface area contributed by atoms with E-state index in [-0.39, 0.29) is 11.8 Å². The molecule has 1 N–H and O–H groups in total. The lowest BCUT2D eigenvalue weighted by Crippen LogP contribution is -2.50. The number of thiazole rings is 1. The molecule has 1 amide bonds. The van der Waals surface area contributed by atoms with Crippen molar-refractivity contribution in [3.8, 4) is 0 Å². The van der Waals surface area contributed by atoms with Gasteiger partial charge in [0.15, 0.2) is 0 Å². The average molecular weight is 381 g/mol. The van der Waals surface area contributed by atoms with E-state index < -0.39 is 0 Å². The Labute approximate surface area is 160 Å². The number of rotatable bonds is 7. The minimum absolute atomic E-state index is 0.136. The molecule has 0 unspecified atom stereocenters. The number of aryl methyl sites for hydroxylation is 1. The fourth-order valence-electron chi connectivity index (χ4n) is 4.08. The highest BCUT2D eigenvalue weighted by Gasteiger charge is 2.31. The molecule has 0 aliphatic carbocycles. The third-order valence-corrected chi connectivity index (χ3v) is 6.48. The largest absolute Gasteiger partial charge is 0.383 e. The van der Waals surface area contributed by atoms with Crippen molar-refractivity contribution in [3.05, 3.63) is 16.1 Å². The van der Waals surface area contributed by atoms with Crippen molar-refractivity contribution in [1.82, 2.24) is 20.1 Å². The van der Waals surface area contributed by atoms with Crippen LogP contribution in [0, 0.1) is 12.8 Å². The van der Waals surface area contributed by atoms with E-state index in [9.17, 15) is 4.79 Å². The maximum atomic E-state index is 12.4. The van der Waals surface area contributed by atoms with E-state index in [1.54, 1.807) is 18.4 Å². The molecule has 2 aliphatic rings. The summed E-state index contributed by atoms with van der Waals surface area (Å²) in [6.07, 6.45) is 4.53. The molecule has 0 aromatic carbocycles. The van der Waals surface area contributed by atoms with Gasteiger partial charge in [0, 0.05) is 50.4 Å². The van der Waals surface area contributed by atoms with Crippen molar-refractivity contribution in [2.75, 3.05) is 46.4 Å². The summed E-state index contributed by atoms with van der Waals surface area (Å²) >= 11 is 1.77. The zero-order valence-electron chi connectivity index (χ0n) is 16.1. The van der Waals surface area contributed by atoms with Crippen LogP contribution in [0.5, 0.6) is 0 Å². The fourth-order valence-corrected chi connectivity index (χ4v) is 4.90. The van der Waals surface area contributed by atoms with E-state index in [0.29, 0.717) is 19.2 Å². The first-order chi connectivity index (χ1) is 12.7. The molecule has 146 valence electrons. The Morgan fingerprint density at radius 3 is 2.85 bits per heavy atom. The molecule has 2 aliphatic heterocycles. The van der Waals surface area contributed by atoms with Gasteiger partial charge in [0.2, 0.25) is 5.91 Å². The number of carbonyl (C=O) groups excluding carboxylic acids is 1. The highest BCUT2D eigenvalue weighted by molar-refractivity contribution is 7.09. The molecule has 3 rings (SSSR count). The van der Waals surface area contributed by atoms with Gasteiger partial charge in [-0.1, -0.05) is 0 Å². The summed E-state index contributed by atoms with van der Waals surface area (Å²) in [6.45, 7) is 8.54. The second kappa shape index (κ2) is 9.78. The molecule has 0 radical (unpaired) electrons. The first-order valence-electron chi connectivity index (χ1n) is 9.79. The molecular formula is C19H32N4O2S. The van der Waals surface area contributed by atoms with Crippen LogP contribution in [0.15, 0.2) is 5.38 Å². The molecule has 1 atom stereocenters. The van der Waals surface area contributed by atoms with Crippen LogP contribution in [0.2, 0.25) is 0 Å². The van der Waals surface area contributed by atoms with Crippen molar-refractivity contribution in [2.24, 2.45) is 5.92 Å². The van der Waals surface area contributed by atoms with Crippen molar-refractivity contribution >= 4 is 17.2 Å². The van der Waals surface area contributed by atoms with E-state index in [1.807, 2.05) is 0 Å². The van der Waals surface area contributed by atoms with Gasteiger partial charge in [0.1, 0.15) is 5.01 Å². The van der Waals surface area contributed by atoms with E-state index >= 15 is 0 Å². The number of aromatic nitrogens is 1. The summed E-state index contributed by atoms with van der Waals surface area (Å²) in [4.78, 5) is 22.0. The first kappa shape index (κ1) is 19.7. The third kappa shape index (κ3) is 5.49. The van der Waals surface area contributed by atoms with E-state index in [4.69, 9.17) is 4.74 Å². The summed E-state index contributed by atoms with van der Waals surface area (Å²) in [5.41, 5.74) is 1.13. The summed E-state index contributed by atoms with van der Waals surface area (Å²) in [5.74, 6) is 0.334. The molecule has 1 aromatic heterocycles. The molecule has 26 heavy (non-hydrogen) atoms. The second-order valence-corrected chi connectivity index (χ2v) is 8.45. The number of amides is 1. The molecule has 2 saturated heterocycles. The molecule has 7 heteroatoms. The zero-order chi connectivity index (χ0) is 18.4. The standard InChI is InChI=1S/C19H32N4O2S/c1-15-14-26-18(21-15)13-22-9-5-17(6-10-22)23-8-3-4-16(12-23)19(24)20-7-11-25-2/h14,16-17H,3-13H2,1-2H3,(H,20,24)/t16-/m1/s1. The number of nitrogens with zero attached hydrogens (tertiary/aromatic N) is 3. The number of hydrogen-bond donors (Lipinski definition) is 1. The minimum atomic E-state index is 0.136. The normalized spacial score (nSPS) is 23.2. The minimum Gasteiger partial charge on any atom is -0.383 e. The Bertz CT molecular complexity index is 572. The monoisotopic (exact) mass is 380 g/mol. The van der Waals surface area contributed by atoms with Crippen molar-refractivity contribution in [3.63, 3.8) is 0 Å². The molecule has 6 nitrogen and oxygen atoms in total. The van der Waals surface area contributed by atoms with Crippen molar-refractivity contribution in [2.45, 2.75) is 45.2 Å². The number of methoxy groups -OCH3 is 1. The highest BCUT2D eigenvalue weighted by Crippen LogP contribution is 2.25. The van der Waals surface area contributed by atoms with Gasteiger partial charge in [0.25, 0.3) is 0 Å². The van der Waals surface area contributed by atoms with Gasteiger partial charge >= 0.3 is 0 Å². The molecular weight excluding hydrogens is 348 g/mol. The fraction of sp³-hybridized carbons (Fsp3) is 0.789. The van der Waals surface area contributed by atoms with Crippen molar-refractivity contribution in [1.29, 1.82) is 0 Å².